The zero-order chi connectivity index (χ0) is 29.6. The maximum absolute atomic E-state index is 13.5. The Balaban J connectivity index is 1.44. The van der Waals surface area contributed by atoms with Gasteiger partial charge in [-0.1, -0.05) is 17.3 Å². The van der Waals surface area contributed by atoms with Crippen molar-refractivity contribution in [2.24, 2.45) is 0 Å². The fourth-order valence-corrected chi connectivity index (χ4v) is 4.29. The van der Waals surface area contributed by atoms with Crippen LogP contribution in [0.2, 0.25) is 0 Å². The van der Waals surface area contributed by atoms with Crippen LogP contribution in [0.1, 0.15) is 28.1 Å². The molecule has 1 aliphatic rings. The van der Waals surface area contributed by atoms with Gasteiger partial charge in [-0.15, -0.1) is 0 Å². The molecule has 3 amide bonds. The molecule has 1 unspecified atom stereocenters. The number of carbonyl (C=O) groups excluding carboxylic acids is 3. The number of hydrogen-bond donors (Lipinski definition) is 2. The number of halogens is 3. The van der Waals surface area contributed by atoms with Crippen molar-refractivity contribution in [3.63, 3.8) is 0 Å². The molecular weight excluding hydrogens is 549 g/mol. The molecule has 11 nitrogen and oxygen atoms in total. The molecule has 3 aromatic rings. The predicted octanol–water partition coefficient (Wildman–Crippen LogP) is 3.16. The van der Waals surface area contributed by atoms with Crippen molar-refractivity contribution in [3.05, 3.63) is 71.6 Å². The first-order valence-electron chi connectivity index (χ1n) is 12.3. The smallest absolute Gasteiger partial charge is 0.420 e. The summed E-state index contributed by atoms with van der Waals surface area (Å²) >= 11 is 0. The molecule has 1 atom stereocenters. The first-order chi connectivity index (χ1) is 19.5. The molecule has 1 saturated heterocycles. The minimum atomic E-state index is -4.66. The maximum Gasteiger partial charge on any atom is 0.420 e. The second-order valence-corrected chi connectivity index (χ2v) is 9.20. The van der Waals surface area contributed by atoms with Crippen LogP contribution in [0.5, 0.6) is 17.2 Å². The molecule has 2 N–H and O–H groups in total. The van der Waals surface area contributed by atoms with Gasteiger partial charge in [0.15, 0.2) is 0 Å². The van der Waals surface area contributed by atoms with Crippen LogP contribution >= 0.6 is 0 Å². The van der Waals surface area contributed by atoms with Crippen molar-refractivity contribution in [2.45, 2.75) is 24.7 Å². The van der Waals surface area contributed by atoms with Crippen LogP contribution in [0.4, 0.5) is 13.2 Å². The molecule has 2 aromatic carbocycles. The molecule has 0 bridgehead atoms. The fraction of sp³-hybridized carbons (Fsp3) is 0.333. The van der Waals surface area contributed by atoms with Crippen LogP contribution in [0, 0.1) is 0 Å². The first kappa shape index (κ1) is 29.4. The van der Waals surface area contributed by atoms with Crippen LogP contribution in [0.25, 0.3) is 0 Å². The van der Waals surface area contributed by atoms with E-state index in [-0.39, 0.29) is 55.8 Å². The summed E-state index contributed by atoms with van der Waals surface area (Å²) in [6.45, 7) is -0.0226. The summed E-state index contributed by atoms with van der Waals surface area (Å²) in [4.78, 5) is 39.9. The minimum Gasteiger partial charge on any atom is -0.497 e. The lowest BCUT2D eigenvalue weighted by Crippen LogP contribution is -2.60. The molecule has 1 aromatic heterocycles. The van der Waals surface area contributed by atoms with Crippen molar-refractivity contribution >= 4 is 17.7 Å². The number of ether oxygens (including phenoxy) is 3. The van der Waals surface area contributed by atoms with Gasteiger partial charge in [0, 0.05) is 26.3 Å². The summed E-state index contributed by atoms with van der Waals surface area (Å²) in [5, 5.41) is 8.94. The van der Waals surface area contributed by atoms with E-state index in [0.717, 1.165) is 6.07 Å². The second kappa shape index (κ2) is 12.3. The van der Waals surface area contributed by atoms with Crippen molar-refractivity contribution in [3.8, 4) is 17.2 Å². The van der Waals surface area contributed by atoms with Crippen LogP contribution < -0.4 is 20.1 Å². The zero-order valence-electron chi connectivity index (χ0n) is 22.1. The summed E-state index contributed by atoms with van der Waals surface area (Å²) < 4.78 is 60.6. The van der Waals surface area contributed by atoms with Gasteiger partial charge in [-0.2, -0.15) is 13.2 Å². The average Bonchev–Trinajstić information content (AvgIpc) is 3.64. The summed E-state index contributed by atoms with van der Waals surface area (Å²) in [7, 11) is 2.64. The number of carbonyl (C=O) groups is 3. The van der Waals surface area contributed by atoms with E-state index in [2.05, 4.69) is 15.8 Å². The van der Waals surface area contributed by atoms with E-state index in [1.165, 1.54) is 55.6 Å². The van der Waals surface area contributed by atoms with E-state index in [4.69, 9.17) is 18.7 Å². The first-order valence-corrected chi connectivity index (χ1v) is 12.3. The lowest BCUT2D eigenvalue weighted by atomic mass is 9.96. The molecule has 1 aliphatic heterocycles. The van der Waals surface area contributed by atoms with E-state index in [9.17, 15) is 27.6 Å². The molecule has 14 heteroatoms. The summed E-state index contributed by atoms with van der Waals surface area (Å²) in [5.41, 5.74) is -1.82. The number of alkyl halides is 3. The van der Waals surface area contributed by atoms with Crippen LogP contribution in [-0.4, -0.2) is 67.2 Å². The summed E-state index contributed by atoms with van der Waals surface area (Å²) in [6, 6.07) is 10.8. The Kier molecular flexibility index (Phi) is 8.81. The fourth-order valence-electron chi connectivity index (χ4n) is 4.29. The quantitative estimate of drug-likeness (QED) is 0.376. The summed E-state index contributed by atoms with van der Waals surface area (Å²) in [6.07, 6.45) is -3.22. The Morgan fingerprint density at radius 3 is 2.44 bits per heavy atom. The highest BCUT2D eigenvalue weighted by molar-refractivity contribution is 5.98. The lowest BCUT2D eigenvalue weighted by molar-refractivity contribution is -0.138. The number of hydrogen-bond acceptors (Lipinski definition) is 8. The molecule has 218 valence electrons. The molecule has 0 radical (unpaired) electrons. The van der Waals surface area contributed by atoms with E-state index in [1.54, 1.807) is 12.1 Å². The SMILES string of the molecule is COCC(=O)N1CCC(NC(=O)c2ccno2)(C(=O)NCc2ccc(Oc3ccc(OC)cc3C(F)(F)F)cc2)C1. The molecule has 0 saturated carbocycles. The third-order valence-electron chi connectivity index (χ3n) is 6.44. The van der Waals surface area contributed by atoms with Gasteiger partial charge in [-0.25, -0.2) is 0 Å². The molecule has 1 fully saturated rings. The van der Waals surface area contributed by atoms with E-state index < -0.39 is 34.8 Å². The maximum atomic E-state index is 13.5. The molecule has 41 heavy (non-hydrogen) atoms. The van der Waals surface area contributed by atoms with Gasteiger partial charge < -0.3 is 34.3 Å². The standard InChI is InChI=1S/C27H27F3N4O7/c1-38-15-23(35)34-12-10-26(16-34,33-24(36)22-9-11-32-41-22)25(37)31-14-17-3-5-18(6-4-17)40-21-8-7-19(39-2)13-20(21)27(28,29)30/h3-9,11,13H,10,12,14-16H2,1-2H3,(H,31,37)(H,33,36). The predicted molar refractivity (Wildman–Crippen MR) is 136 cm³/mol. The van der Waals surface area contributed by atoms with Crippen LogP contribution in [0.15, 0.2) is 59.3 Å². The number of amides is 3. The monoisotopic (exact) mass is 576 g/mol. The van der Waals surface area contributed by atoms with E-state index >= 15 is 0 Å². The van der Waals surface area contributed by atoms with Crippen molar-refractivity contribution in [1.29, 1.82) is 0 Å². The van der Waals surface area contributed by atoms with Crippen molar-refractivity contribution < 1.29 is 46.3 Å². The number of aromatic nitrogens is 1. The Morgan fingerprint density at radius 2 is 1.80 bits per heavy atom. The van der Waals surface area contributed by atoms with Gasteiger partial charge in [0.25, 0.3) is 5.91 Å². The van der Waals surface area contributed by atoms with Crippen LogP contribution in [-0.2, 0) is 27.0 Å². The number of benzene rings is 2. The van der Waals surface area contributed by atoms with E-state index in [0.29, 0.717) is 5.56 Å². The van der Waals surface area contributed by atoms with Gasteiger partial charge in [0.1, 0.15) is 35.0 Å². The number of methoxy groups -OCH3 is 2. The zero-order valence-corrected chi connectivity index (χ0v) is 22.1. The van der Waals surface area contributed by atoms with Crippen molar-refractivity contribution in [1.82, 2.24) is 20.7 Å². The van der Waals surface area contributed by atoms with Gasteiger partial charge in [-0.3, -0.25) is 14.4 Å². The van der Waals surface area contributed by atoms with Crippen molar-refractivity contribution in [2.75, 3.05) is 33.9 Å². The number of nitrogens with zero attached hydrogens (tertiary/aromatic N) is 2. The number of rotatable bonds is 10. The normalized spacial score (nSPS) is 16.8. The highest BCUT2D eigenvalue weighted by Crippen LogP contribution is 2.40. The molecule has 4 rings (SSSR count). The van der Waals surface area contributed by atoms with Gasteiger partial charge >= 0.3 is 6.18 Å². The largest absolute Gasteiger partial charge is 0.497 e. The molecular formula is C27H27F3N4O7. The Hall–Kier alpha value is -4.59. The second-order valence-electron chi connectivity index (χ2n) is 9.20. The Bertz CT molecular complexity index is 1380. The average molecular weight is 577 g/mol. The number of likely N-dealkylation sites (tertiary alicyclic amines) is 1. The molecule has 0 aliphatic carbocycles. The van der Waals surface area contributed by atoms with Gasteiger partial charge in [-0.05, 0) is 42.3 Å². The summed E-state index contributed by atoms with van der Waals surface area (Å²) in [5.74, 6) is -1.84. The minimum absolute atomic E-state index is 0.0292. The third kappa shape index (κ3) is 6.95. The Morgan fingerprint density at radius 1 is 1.07 bits per heavy atom. The number of nitrogens with one attached hydrogen (secondary N) is 2. The van der Waals surface area contributed by atoms with Gasteiger partial charge in [0.2, 0.25) is 17.6 Å². The van der Waals surface area contributed by atoms with Crippen LogP contribution in [0.3, 0.4) is 0 Å². The Labute approximate surface area is 232 Å². The molecule has 2 heterocycles. The van der Waals surface area contributed by atoms with Gasteiger partial charge in [0.05, 0.1) is 19.9 Å². The molecule has 0 spiro atoms. The highest BCUT2D eigenvalue weighted by Gasteiger charge is 2.47. The lowest BCUT2D eigenvalue weighted by Gasteiger charge is -2.29. The topological polar surface area (TPSA) is 132 Å². The third-order valence-corrected chi connectivity index (χ3v) is 6.44. The van der Waals surface area contributed by atoms with E-state index in [1.807, 2.05) is 0 Å². The highest BCUT2D eigenvalue weighted by atomic mass is 19.4.